The Hall–Kier alpha value is -3.26. The Morgan fingerprint density at radius 3 is 2.76 bits per heavy atom. The van der Waals surface area contributed by atoms with Gasteiger partial charge in [0.1, 0.15) is 0 Å². The van der Waals surface area contributed by atoms with E-state index in [1.54, 1.807) is 17.0 Å². The van der Waals surface area contributed by atoms with Crippen molar-refractivity contribution in [3.8, 4) is 11.4 Å². The standard InChI is InChI=1S/C20H17ClN4O4/c21-16-5-1-3-14(11-16)18-22-19(29-23-18)15-4-2-10-24(12-15)20(26)13-6-8-17(9-7-13)25(27)28/h1,3,5-9,11,15H,2,4,10,12H2/t15-/m1/s1. The minimum Gasteiger partial charge on any atom is -0.339 e. The highest BCUT2D eigenvalue weighted by Gasteiger charge is 2.29. The summed E-state index contributed by atoms with van der Waals surface area (Å²) in [5.74, 6) is 0.716. The molecule has 0 bridgehead atoms. The average Bonchev–Trinajstić information content (AvgIpc) is 3.24. The fourth-order valence-electron chi connectivity index (χ4n) is 3.42. The molecule has 4 rings (SSSR count). The highest BCUT2D eigenvalue weighted by atomic mass is 35.5. The summed E-state index contributed by atoms with van der Waals surface area (Å²) in [5, 5.41) is 15.4. The number of likely N-dealkylation sites (tertiary alicyclic amines) is 1. The first-order chi connectivity index (χ1) is 14.0. The lowest BCUT2D eigenvalue weighted by atomic mass is 9.97. The van der Waals surface area contributed by atoms with E-state index in [1.165, 1.54) is 24.3 Å². The maximum atomic E-state index is 12.8. The normalized spacial score (nSPS) is 16.6. The zero-order valence-corrected chi connectivity index (χ0v) is 16.1. The number of hydrogen-bond donors (Lipinski definition) is 0. The summed E-state index contributed by atoms with van der Waals surface area (Å²) in [5.41, 5.74) is 1.14. The summed E-state index contributed by atoms with van der Waals surface area (Å²) in [7, 11) is 0. The molecular weight excluding hydrogens is 396 g/mol. The molecule has 2 aromatic carbocycles. The van der Waals surface area contributed by atoms with Gasteiger partial charge in [-0.15, -0.1) is 0 Å². The molecule has 9 heteroatoms. The fraction of sp³-hybridized carbons (Fsp3) is 0.250. The van der Waals surface area contributed by atoms with Crippen molar-refractivity contribution in [2.24, 2.45) is 0 Å². The Bertz CT molecular complexity index is 1050. The first kappa shape index (κ1) is 19.1. The zero-order chi connectivity index (χ0) is 20.4. The van der Waals surface area contributed by atoms with E-state index in [2.05, 4.69) is 10.1 Å². The number of carbonyl (C=O) groups is 1. The molecule has 0 saturated carbocycles. The van der Waals surface area contributed by atoms with Crippen molar-refractivity contribution >= 4 is 23.2 Å². The summed E-state index contributed by atoms with van der Waals surface area (Å²) in [6, 6.07) is 12.8. The number of halogens is 1. The molecule has 1 fully saturated rings. The van der Waals surface area contributed by atoms with Crippen LogP contribution in [0.5, 0.6) is 0 Å². The molecule has 29 heavy (non-hydrogen) atoms. The molecule has 1 aromatic heterocycles. The molecule has 0 unspecified atom stereocenters. The van der Waals surface area contributed by atoms with E-state index in [0.717, 1.165) is 18.4 Å². The molecule has 1 amide bonds. The molecule has 1 aliphatic heterocycles. The van der Waals surface area contributed by atoms with E-state index in [4.69, 9.17) is 16.1 Å². The van der Waals surface area contributed by atoms with Crippen LogP contribution in [0.2, 0.25) is 5.02 Å². The molecule has 1 aliphatic rings. The predicted octanol–water partition coefficient (Wildman–Crippen LogP) is 4.32. The zero-order valence-electron chi connectivity index (χ0n) is 15.3. The van der Waals surface area contributed by atoms with Crippen LogP contribution in [-0.2, 0) is 0 Å². The number of nitrogens with zero attached hydrogens (tertiary/aromatic N) is 4. The number of hydrogen-bond acceptors (Lipinski definition) is 6. The van der Waals surface area contributed by atoms with Crippen molar-refractivity contribution in [3.63, 3.8) is 0 Å². The fourth-order valence-corrected chi connectivity index (χ4v) is 3.61. The van der Waals surface area contributed by atoms with Crippen molar-refractivity contribution < 1.29 is 14.2 Å². The lowest BCUT2D eigenvalue weighted by Gasteiger charge is -2.31. The summed E-state index contributed by atoms with van der Waals surface area (Å²) >= 11 is 6.02. The van der Waals surface area contributed by atoms with Gasteiger partial charge in [0.2, 0.25) is 11.7 Å². The summed E-state index contributed by atoms with van der Waals surface area (Å²) in [6.07, 6.45) is 1.64. The van der Waals surface area contributed by atoms with Crippen molar-refractivity contribution in [1.82, 2.24) is 15.0 Å². The van der Waals surface area contributed by atoms with E-state index in [-0.39, 0.29) is 17.5 Å². The van der Waals surface area contributed by atoms with Crippen LogP contribution < -0.4 is 0 Å². The number of benzene rings is 2. The first-order valence-electron chi connectivity index (χ1n) is 9.14. The van der Waals surface area contributed by atoms with Gasteiger partial charge in [0, 0.05) is 41.4 Å². The van der Waals surface area contributed by atoms with Gasteiger partial charge >= 0.3 is 0 Å². The Balaban J connectivity index is 1.48. The number of nitro groups is 1. The highest BCUT2D eigenvalue weighted by molar-refractivity contribution is 6.30. The third-order valence-electron chi connectivity index (χ3n) is 4.91. The summed E-state index contributed by atoms with van der Waals surface area (Å²) in [6.45, 7) is 1.06. The maximum absolute atomic E-state index is 12.8. The second kappa shape index (κ2) is 8.00. The topological polar surface area (TPSA) is 102 Å². The number of non-ortho nitro benzene ring substituents is 1. The molecule has 2 heterocycles. The van der Waals surface area contributed by atoms with Gasteiger partial charge in [-0.3, -0.25) is 14.9 Å². The Morgan fingerprint density at radius 2 is 2.03 bits per heavy atom. The third kappa shape index (κ3) is 4.12. The average molecular weight is 413 g/mol. The minimum atomic E-state index is -0.488. The molecule has 1 saturated heterocycles. The number of aromatic nitrogens is 2. The van der Waals surface area contributed by atoms with Crippen molar-refractivity contribution in [1.29, 1.82) is 0 Å². The highest BCUT2D eigenvalue weighted by Crippen LogP contribution is 2.29. The number of carbonyl (C=O) groups excluding carboxylic acids is 1. The second-order valence-corrected chi connectivity index (χ2v) is 7.30. The molecule has 0 N–H and O–H groups in total. The van der Waals surface area contributed by atoms with Gasteiger partial charge in [0.25, 0.3) is 11.6 Å². The van der Waals surface area contributed by atoms with Crippen LogP contribution >= 0.6 is 11.6 Å². The summed E-state index contributed by atoms with van der Waals surface area (Å²) < 4.78 is 5.46. The van der Waals surface area contributed by atoms with Crippen LogP contribution in [0.15, 0.2) is 53.1 Å². The van der Waals surface area contributed by atoms with Crippen LogP contribution in [-0.4, -0.2) is 39.0 Å². The molecular formula is C20H17ClN4O4. The van der Waals surface area contributed by atoms with E-state index >= 15 is 0 Å². The lowest BCUT2D eigenvalue weighted by Crippen LogP contribution is -2.39. The number of piperidine rings is 1. The van der Waals surface area contributed by atoms with E-state index in [1.807, 2.05) is 12.1 Å². The second-order valence-electron chi connectivity index (χ2n) is 6.86. The van der Waals surface area contributed by atoms with E-state index in [0.29, 0.717) is 35.4 Å². The molecule has 148 valence electrons. The predicted molar refractivity (Wildman–Crippen MR) is 106 cm³/mol. The van der Waals surface area contributed by atoms with Gasteiger partial charge in [0.05, 0.1) is 10.8 Å². The largest absolute Gasteiger partial charge is 0.339 e. The molecule has 0 spiro atoms. The smallest absolute Gasteiger partial charge is 0.269 e. The van der Waals surface area contributed by atoms with Gasteiger partial charge in [0.15, 0.2) is 0 Å². The Kier molecular flexibility index (Phi) is 5.26. The molecule has 8 nitrogen and oxygen atoms in total. The lowest BCUT2D eigenvalue weighted by molar-refractivity contribution is -0.384. The summed E-state index contributed by atoms with van der Waals surface area (Å²) in [4.78, 5) is 29.3. The van der Waals surface area contributed by atoms with Crippen LogP contribution in [0.3, 0.4) is 0 Å². The van der Waals surface area contributed by atoms with Gasteiger partial charge in [-0.2, -0.15) is 4.98 Å². The monoisotopic (exact) mass is 412 g/mol. The molecule has 0 radical (unpaired) electrons. The van der Waals surface area contributed by atoms with Crippen LogP contribution in [0.4, 0.5) is 5.69 Å². The third-order valence-corrected chi connectivity index (χ3v) is 5.14. The molecule has 1 atom stereocenters. The van der Waals surface area contributed by atoms with Crippen LogP contribution in [0.25, 0.3) is 11.4 Å². The van der Waals surface area contributed by atoms with Crippen molar-refractivity contribution in [3.05, 3.63) is 75.1 Å². The molecule has 0 aliphatic carbocycles. The van der Waals surface area contributed by atoms with Gasteiger partial charge in [-0.25, -0.2) is 0 Å². The van der Waals surface area contributed by atoms with E-state index < -0.39 is 4.92 Å². The Morgan fingerprint density at radius 1 is 1.24 bits per heavy atom. The van der Waals surface area contributed by atoms with Gasteiger partial charge in [-0.05, 0) is 37.1 Å². The maximum Gasteiger partial charge on any atom is 0.269 e. The SMILES string of the molecule is O=C(c1ccc([N+](=O)[O-])cc1)N1CCC[C@@H](c2nc(-c3cccc(Cl)c3)no2)C1. The van der Waals surface area contributed by atoms with Crippen molar-refractivity contribution in [2.45, 2.75) is 18.8 Å². The molecule has 3 aromatic rings. The minimum absolute atomic E-state index is 0.0440. The number of amides is 1. The Labute approximate surface area is 171 Å². The number of rotatable bonds is 4. The van der Waals surface area contributed by atoms with Gasteiger partial charge < -0.3 is 9.42 Å². The van der Waals surface area contributed by atoms with Crippen LogP contribution in [0.1, 0.15) is 35.0 Å². The van der Waals surface area contributed by atoms with Gasteiger partial charge in [-0.1, -0.05) is 28.9 Å². The van der Waals surface area contributed by atoms with Crippen LogP contribution in [0, 0.1) is 10.1 Å². The quantitative estimate of drug-likeness (QED) is 0.467. The van der Waals surface area contributed by atoms with Crippen molar-refractivity contribution in [2.75, 3.05) is 13.1 Å². The number of nitro benzene ring substituents is 1. The van der Waals surface area contributed by atoms with E-state index in [9.17, 15) is 14.9 Å². The first-order valence-corrected chi connectivity index (χ1v) is 9.52.